The molecule has 7 nitrogen and oxygen atoms in total. The molecule has 4 heterocycles. The molecule has 0 amide bonds. The Morgan fingerprint density at radius 1 is 1.14 bits per heavy atom. The number of aryl methyl sites for hydroxylation is 1. The van der Waals surface area contributed by atoms with Gasteiger partial charge >= 0.3 is 0 Å². The van der Waals surface area contributed by atoms with Gasteiger partial charge in [0.25, 0.3) is 5.56 Å². The molecule has 0 saturated carbocycles. The number of rotatable bonds is 5. The summed E-state index contributed by atoms with van der Waals surface area (Å²) in [4.78, 5) is 28.8. The van der Waals surface area contributed by atoms with Crippen LogP contribution in [0.1, 0.15) is 40.2 Å². The number of nitrogens with zero attached hydrogens (tertiary/aromatic N) is 4. The van der Waals surface area contributed by atoms with Crippen molar-refractivity contribution in [2.45, 2.75) is 44.6 Å². The Morgan fingerprint density at radius 2 is 1.86 bits per heavy atom. The van der Waals surface area contributed by atoms with E-state index in [1.54, 1.807) is 28.0 Å². The second-order valence-corrected chi connectivity index (χ2v) is 12.7. The summed E-state index contributed by atoms with van der Waals surface area (Å²) in [6.07, 6.45) is 0.642. The van der Waals surface area contributed by atoms with Crippen molar-refractivity contribution >= 4 is 60.8 Å². The fraction of sp³-hybridized carbons (Fsp3) is 0.259. The number of ketones is 1. The summed E-state index contributed by atoms with van der Waals surface area (Å²) in [6.45, 7) is 6.56. The Kier molecular flexibility index (Phi) is 6.10. The number of carbonyl (C=O) groups excluding carboxylic acids is 1. The summed E-state index contributed by atoms with van der Waals surface area (Å²) in [6, 6.07) is 15.1. The monoisotopic (exact) mass is 594 g/mol. The third kappa shape index (κ3) is 4.35. The summed E-state index contributed by atoms with van der Waals surface area (Å²) in [5.74, 6) is 0.631. The zero-order valence-corrected chi connectivity index (χ0v) is 23.7. The molecule has 0 spiro atoms. The number of benzene rings is 2. The molecule has 0 N–H and O–H groups in total. The van der Waals surface area contributed by atoms with E-state index in [-0.39, 0.29) is 22.7 Å². The molecule has 0 unspecified atom stereocenters. The Bertz CT molecular complexity index is 1730. The van der Waals surface area contributed by atoms with Crippen LogP contribution in [0.25, 0.3) is 21.7 Å². The molecule has 37 heavy (non-hydrogen) atoms. The van der Waals surface area contributed by atoms with Crippen LogP contribution in [0.3, 0.4) is 0 Å². The van der Waals surface area contributed by atoms with E-state index in [0.717, 1.165) is 31.0 Å². The van der Waals surface area contributed by atoms with Gasteiger partial charge in [-0.3, -0.25) is 9.59 Å². The molecule has 10 heteroatoms. The SMILES string of the molecule is Cc1ccc(-n2c(=O)c3c4c(sc3n3c(SCC(=O)c5ccc(Br)cc5)nnc23)COC(C)(C)C4)cc1. The van der Waals surface area contributed by atoms with E-state index >= 15 is 0 Å². The molecular formula is C27H23BrN4O3S2. The second kappa shape index (κ2) is 9.20. The van der Waals surface area contributed by atoms with E-state index in [1.807, 2.05) is 61.6 Å². The fourth-order valence-corrected chi connectivity index (χ4v) is 6.94. The van der Waals surface area contributed by atoms with Gasteiger partial charge in [0.05, 0.1) is 29.0 Å². The molecule has 0 saturated heterocycles. The molecule has 0 fully saturated rings. The van der Waals surface area contributed by atoms with Crippen molar-refractivity contribution in [3.8, 4) is 5.69 Å². The molecule has 6 rings (SSSR count). The standard InChI is InChI=1S/C27H23BrN4O3S2/c1-15-4-10-18(11-5-15)31-23(34)22-19-12-27(2,3)35-13-21(19)37-24(22)32-25(31)29-30-26(32)36-14-20(33)16-6-8-17(28)9-7-16/h4-11H,12-14H2,1-3H3. The number of fused-ring (bicyclic) bond motifs is 5. The number of hydrogen-bond donors (Lipinski definition) is 0. The normalized spacial score (nSPS) is 14.8. The minimum absolute atomic E-state index is 0.00188. The van der Waals surface area contributed by atoms with Crippen LogP contribution in [-0.2, 0) is 17.8 Å². The maximum absolute atomic E-state index is 14.0. The van der Waals surface area contributed by atoms with Crippen molar-refractivity contribution in [2.75, 3.05) is 5.75 Å². The highest BCUT2D eigenvalue weighted by Crippen LogP contribution is 2.39. The highest BCUT2D eigenvalue weighted by molar-refractivity contribution is 9.10. The number of carbonyl (C=O) groups is 1. The zero-order valence-electron chi connectivity index (χ0n) is 20.4. The van der Waals surface area contributed by atoms with E-state index in [9.17, 15) is 9.59 Å². The lowest BCUT2D eigenvalue weighted by Gasteiger charge is -2.29. The number of ether oxygens (including phenoxy) is 1. The first-order valence-corrected chi connectivity index (χ1v) is 14.4. The van der Waals surface area contributed by atoms with Gasteiger partial charge in [0, 0.05) is 21.3 Å². The molecule has 0 radical (unpaired) electrons. The van der Waals surface area contributed by atoms with Gasteiger partial charge in [0.1, 0.15) is 4.83 Å². The number of Topliss-reactive ketones (excluding diaryl/α,β-unsaturated/α-hetero) is 1. The van der Waals surface area contributed by atoms with Crippen molar-refractivity contribution in [1.82, 2.24) is 19.2 Å². The molecule has 188 valence electrons. The highest BCUT2D eigenvalue weighted by atomic mass is 79.9. The molecule has 0 atom stereocenters. The average molecular weight is 596 g/mol. The van der Waals surface area contributed by atoms with Crippen LogP contribution in [0, 0.1) is 6.92 Å². The quantitative estimate of drug-likeness (QED) is 0.184. The molecule has 0 aliphatic carbocycles. The van der Waals surface area contributed by atoms with Gasteiger partial charge in [0.2, 0.25) is 5.78 Å². The summed E-state index contributed by atoms with van der Waals surface area (Å²) < 4.78 is 10.5. The summed E-state index contributed by atoms with van der Waals surface area (Å²) in [5.41, 5.74) is 3.01. The predicted molar refractivity (Wildman–Crippen MR) is 150 cm³/mol. The molecule has 1 aliphatic rings. The Morgan fingerprint density at radius 3 is 2.59 bits per heavy atom. The Balaban J connectivity index is 1.53. The lowest BCUT2D eigenvalue weighted by atomic mass is 9.94. The smallest absolute Gasteiger partial charge is 0.268 e. The molecular weight excluding hydrogens is 572 g/mol. The average Bonchev–Trinajstić information content (AvgIpc) is 3.45. The van der Waals surface area contributed by atoms with E-state index < -0.39 is 0 Å². The summed E-state index contributed by atoms with van der Waals surface area (Å²) in [7, 11) is 0. The van der Waals surface area contributed by atoms with Crippen LogP contribution >= 0.6 is 39.0 Å². The minimum atomic E-state index is -0.362. The van der Waals surface area contributed by atoms with Crippen molar-refractivity contribution in [1.29, 1.82) is 0 Å². The van der Waals surface area contributed by atoms with E-state index in [4.69, 9.17) is 4.74 Å². The number of hydrogen-bond acceptors (Lipinski definition) is 7. The van der Waals surface area contributed by atoms with Gasteiger partial charge in [-0.05, 0) is 50.6 Å². The zero-order chi connectivity index (χ0) is 25.9. The maximum atomic E-state index is 14.0. The molecule has 5 aromatic rings. The van der Waals surface area contributed by atoms with Gasteiger partial charge in [-0.2, -0.15) is 0 Å². The van der Waals surface area contributed by atoms with Gasteiger partial charge in [-0.1, -0.05) is 57.5 Å². The lowest BCUT2D eigenvalue weighted by molar-refractivity contribution is -0.0379. The van der Waals surface area contributed by atoms with E-state index in [1.165, 1.54) is 11.8 Å². The van der Waals surface area contributed by atoms with Crippen LogP contribution in [0.4, 0.5) is 0 Å². The topological polar surface area (TPSA) is 78.5 Å². The van der Waals surface area contributed by atoms with Gasteiger partial charge < -0.3 is 4.74 Å². The number of aromatic nitrogens is 4. The van der Waals surface area contributed by atoms with E-state index in [0.29, 0.717) is 34.9 Å². The van der Waals surface area contributed by atoms with Crippen LogP contribution in [0.5, 0.6) is 0 Å². The highest BCUT2D eigenvalue weighted by Gasteiger charge is 2.32. The Labute approximate surface area is 229 Å². The van der Waals surface area contributed by atoms with Crippen LogP contribution < -0.4 is 5.56 Å². The Hall–Kier alpha value is -2.79. The molecule has 0 bridgehead atoms. The predicted octanol–water partition coefficient (Wildman–Crippen LogP) is 5.99. The second-order valence-electron chi connectivity index (χ2n) is 9.72. The first-order chi connectivity index (χ1) is 17.7. The fourth-order valence-electron chi connectivity index (χ4n) is 4.57. The molecule has 2 aromatic carbocycles. The van der Waals surface area contributed by atoms with Crippen molar-refractivity contribution < 1.29 is 9.53 Å². The van der Waals surface area contributed by atoms with Gasteiger partial charge in [0.15, 0.2) is 10.9 Å². The first kappa shape index (κ1) is 24.5. The number of thiophene rings is 1. The number of thioether (sulfide) groups is 1. The maximum Gasteiger partial charge on any atom is 0.268 e. The summed E-state index contributed by atoms with van der Waals surface area (Å²) in [5, 5.41) is 10.1. The molecule has 3 aromatic heterocycles. The largest absolute Gasteiger partial charge is 0.370 e. The third-order valence-electron chi connectivity index (χ3n) is 6.50. The van der Waals surface area contributed by atoms with Crippen molar-refractivity contribution in [3.05, 3.63) is 84.9 Å². The first-order valence-electron chi connectivity index (χ1n) is 11.8. The van der Waals surface area contributed by atoms with Crippen molar-refractivity contribution in [2.24, 2.45) is 0 Å². The summed E-state index contributed by atoms with van der Waals surface area (Å²) >= 11 is 6.28. The van der Waals surface area contributed by atoms with Crippen LogP contribution in [-0.4, -0.2) is 36.3 Å². The number of halogens is 1. The van der Waals surface area contributed by atoms with Crippen LogP contribution in [0.2, 0.25) is 0 Å². The van der Waals surface area contributed by atoms with Crippen molar-refractivity contribution in [3.63, 3.8) is 0 Å². The minimum Gasteiger partial charge on any atom is -0.370 e. The van der Waals surface area contributed by atoms with Gasteiger partial charge in [-0.15, -0.1) is 21.5 Å². The van der Waals surface area contributed by atoms with Gasteiger partial charge in [-0.25, -0.2) is 8.97 Å². The van der Waals surface area contributed by atoms with Crippen LogP contribution in [0.15, 0.2) is 63.0 Å². The third-order valence-corrected chi connectivity index (χ3v) is 9.14. The molecule has 1 aliphatic heterocycles. The lowest BCUT2D eigenvalue weighted by Crippen LogP contribution is -2.32. The van der Waals surface area contributed by atoms with E-state index in [2.05, 4.69) is 26.1 Å².